The maximum Gasteiger partial charge on any atom is 0.416 e. The summed E-state index contributed by atoms with van der Waals surface area (Å²) in [5.41, 5.74) is -0.374. The molecular weight excluding hydrogens is 484 g/mol. The first-order valence-corrected chi connectivity index (χ1v) is 8.65. The number of aliphatic imine (C=N–C) groups is 1. The quantitative estimate of drug-likeness (QED) is 0.185. The minimum Gasteiger partial charge on any atom is -0.385 e. The van der Waals surface area contributed by atoms with Gasteiger partial charge in [-0.25, -0.2) is 0 Å². The van der Waals surface area contributed by atoms with Gasteiger partial charge in [-0.15, -0.1) is 24.0 Å². The van der Waals surface area contributed by atoms with Gasteiger partial charge in [0, 0.05) is 46.0 Å². The van der Waals surface area contributed by atoms with Crippen molar-refractivity contribution in [2.75, 3.05) is 54.0 Å². The Morgan fingerprint density at radius 3 is 2.64 bits per heavy atom. The fourth-order valence-electron chi connectivity index (χ4n) is 2.22. The van der Waals surface area contributed by atoms with E-state index in [2.05, 4.69) is 32.4 Å². The van der Waals surface area contributed by atoms with Crippen LogP contribution in [-0.2, 0) is 10.9 Å². The molecule has 0 unspecified atom stereocenters. The minimum absolute atomic E-state index is 0. The Morgan fingerprint density at radius 1 is 1.25 bits per heavy atom. The molecule has 9 heteroatoms. The summed E-state index contributed by atoms with van der Waals surface area (Å²) in [4.78, 5) is 6.28. The minimum atomic E-state index is -4.36. The summed E-state index contributed by atoms with van der Waals surface area (Å²) in [7, 11) is 5.37. The molecule has 0 spiro atoms. The molecule has 0 atom stereocenters. The number of nitrogens with one attached hydrogen (secondary N) is 2. The van der Waals surface area contributed by atoms with Crippen molar-refractivity contribution in [3.8, 4) is 11.8 Å². The summed E-state index contributed by atoms with van der Waals surface area (Å²) in [6, 6.07) is 4.97. The van der Waals surface area contributed by atoms with E-state index < -0.39 is 11.7 Å². The van der Waals surface area contributed by atoms with E-state index in [4.69, 9.17) is 4.74 Å². The van der Waals surface area contributed by atoms with Crippen molar-refractivity contribution in [3.63, 3.8) is 0 Å². The van der Waals surface area contributed by atoms with Crippen LogP contribution in [0, 0.1) is 11.8 Å². The van der Waals surface area contributed by atoms with Crippen molar-refractivity contribution in [2.45, 2.75) is 12.6 Å². The first-order valence-electron chi connectivity index (χ1n) is 8.65. The van der Waals surface area contributed by atoms with Crippen LogP contribution < -0.4 is 10.6 Å². The fraction of sp³-hybridized carbons (Fsp3) is 0.526. The summed E-state index contributed by atoms with van der Waals surface area (Å²) in [5, 5.41) is 6.18. The lowest BCUT2D eigenvalue weighted by molar-refractivity contribution is -0.137. The standard InChI is InChI=1S/C19H27F3N4O.HI/c1-23-18(25-11-13-26(2)12-6-14-27-3)24-10-5-8-16-7-4-9-17(15-16)19(20,21)22;/h4,7,9,15H,6,10-14H2,1-3H3,(H2,23,24,25);1H. The highest BCUT2D eigenvalue weighted by Crippen LogP contribution is 2.29. The van der Waals surface area contributed by atoms with Gasteiger partial charge >= 0.3 is 6.18 Å². The molecule has 0 saturated heterocycles. The molecule has 0 radical (unpaired) electrons. The number of guanidine groups is 1. The number of hydrogen-bond acceptors (Lipinski definition) is 3. The van der Waals surface area contributed by atoms with E-state index in [1.165, 1.54) is 6.07 Å². The summed E-state index contributed by atoms with van der Waals surface area (Å²) in [6.07, 6.45) is -3.39. The number of ether oxygens (including phenoxy) is 1. The number of rotatable bonds is 8. The molecule has 1 rings (SSSR count). The molecule has 0 heterocycles. The SMILES string of the molecule is CN=C(NCC#Cc1cccc(C(F)(F)F)c1)NCCN(C)CCCOC.I. The first-order chi connectivity index (χ1) is 12.9. The number of nitrogens with zero attached hydrogens (tertiary/aromatic N) is 2. The number of likely N-dealkylation sites (N-methyl/N-ethyl adjacent to an activating group) is 1. The monoisotopic (exact) mass is 512 g/mol. The first kappa shape index (κ1) is 26.5. The van der Waals surface area contributed by atoms with E-state index in [0.717, 1.165) is 38.2 Å². The maximum atomic E-state index is 12.7. The molecule has 0 aromatic heterocycles. The molecule has 0 saturated carbocycles. The third-order valence-electron chi connectivity index (χ3n) is 3.66. The number of alkyl halides is 3. The zero-order chi connectivity index (χ0) is 20.1. The van der Waals surface area contributed by atoms with Crippen molar-refractivity contribution < 1.29 is 17.9 Å². The molecule has 0 aliphatic heterocycles. The molecule has 1 aromatic rings. The number of methoxy groups -OCH3 is 1. The van der Waals surface area contributed by atoms with E-state index in [1.54, 1.807) is 20.2 Å². The molecule has 0 aliphatic carbocycles. The molecule has 0 bridgehead atoms. The van der Waals surface area contributed by atoms with E-state index in [0.29, 0.717) is 18.1 Å². The second kappa shape index (κ2) is 14.5. The largest absolute Gasteiger partial charge is 0.416 e. The van der Waals surface area contributed by atoms with E-state index in [1.807, 2.05) is 7.05 Å². The Morgan fingerprint density at radius 2 is 2.00 bits per heavy atom. The van der Waals surface area contributed by atoms with Crippen molar-refractivity contribution in [1.29, 1.82) is 0 Å². The molecule has 28 heavy (non-hydrogen) atoms. The van der Waals surface area contributed by atoms with Gasteiger partial charge in [0.2, 0.25) is 0 Å². The normalized spacial score (nSPS) is 11.5. The molecule has 0 amide bonds. The molecule has 0 fully saturated rings. The zero-order valence-corrected chi connectivity index (χ0v) is 18.7. The molecule has 1 aromatic carbocycles. The average molecular weight is 512 g/mol. The van der Waals surface area contributed by atoms with Gasteiger partial charge in [-0.2, -0.15) is 13.2 Å². The molecule has 0 aliphatic rings. The smallest absolute Gasteiger partial charge is 0.385 e. The Kier molecular flexibility index (Phi) is 13.7. The van der Waals surface area contributed by atoms with Crippen LogP contribution in [0.25, 0.3) is 0 Å². The van der Waals surface area contributed by atoms with Crippen LogP contribution in [0.5, 0.6) is 0 Å². The molecule has 158 valence electrons. The Labute approximate surface area is 182 Å². The van der Waals surface area contributed by atoms with Crippen molar-refractivity contribution in [2.24, 2.45) is 4.99 Å². The van der Waals surface area contributed by atoms with Crippen molar-refractivity contribution in [3.05, 3.63) is 35.4 Å². The van der Waals surface area contributed by atoms with E-state index >= 15 is 0 Å². The van der Waals surface area contributed by atoms with Gasteiger partial charge in [-0.05, 0) is 31.7 Å². The molecular formula is C19H28F3IN4O. The summed E-state index contributed by atoms with van der Waals surface area (Å²) in [5.74, 6) is 6.13. The van der Waals surface area contributed by atoms with Crippen LogP contribution in [0.1, 0.15) is 17.5 Å². The maximum absolute atomic E-state index is 12.7. The van der Waals surface area contributed by atoms with Crippen LogP contribution in [0.4, 0.5) is 13.2 Å². The third kappa shape index (κ3) is 11.4. The molecule has 5 nitrogen and oxygen atoms in total. The topological polar surface area (TPSA) is 48.9 Å². The van der Waals surface area contributed by atoms with Gasteiger partial charge in [-0.1, -0.05) is 17.9 Å². The zero-order valence-electron chi connectivity index (χ0n) is 16.4. The highest BCUT2D eigenvalue weighted by molar-refractivity contribution is 14.0. The second-order valence-electron chi connectivity index (χ2n) is 5.88. The van der Waals surface area contributed by atoms with Crippen molar-refractivity contribution >= 4 is 29.9 Å². The fourth-order valence-corrected chi connectivity index (χ4v) is 2.22. The van der Waals surface area contributed by atoms with Crippen LogP contribution in [0.15, 0.2) is 29.3 Å². The highest BCUT2D eigenvalue weighted by Gasteiger charge is 2.30. The van der Waals surface area contributed by atoms with Crippen LogP contribution in [0.3, 0.4) is 0 Å². The number of halogens is 4. The van der Waals surface area contributed by atoms with E-state index in [9.17, 15) is 13.2 Å². The lowest BCUT2D eigenvalue weighted by Gasteiger charge is -2.17. The summed E-state index contributed by atoms with van der Waals surface area (Å²) in [6.45, 7) is 3.53. The molecule has 2 N–H and O–H groups in total. The van der Waals surface area contributed by atoms with Gasteiger partial charge in [0.1, 0.15) is 0 Å². The van der Waals surface area contributed by atoms with Crippen LogP contribution >= 0.6 is 24.0 Å². The van der Waals surface area contributed by atoms with E-state index in [-0.39, 0.29) is 30.5 Å². The Hall–Kier alpha value is -1.51. The van der Waals surface area contributed by atoms with Gasteiger partial charge in [-0.3, -0.25) is 4.99 Å². The predicted octanol–water partition coefficient (Wildman–Crippen LogP) is 2.81. The summed E-state index contributed by atoms with van der Waals surface area (Å²) >= 11 is 0. The van der Waals surface area contributed by atoms with Gasteiger partial charge < -0.3 is 20.3 Å². The highest BCUT2D eigenvalue weighted by atomic mass is 127. The lowest BCUT2D eigenvalue weighted by atomic mass is 10.1. The lowest BCUT2D eigenvalue weighted by Crippen LogP contribution is -2.41. The van der Waals surface area contributed by atoms with Crippen molar-refractivity contribution in [1.82, 2.24) is 15.5 Å². The Balaban J connectivity index is 0.00000729. The Bertz CT molecular complexity index is 657. The second-order valence-corrected chi connectivity index (χ2v) is 5.88. The predicted molar refractivity (Wildman–Crippen MR) is 117 cm³/mol. The van der Waals surface area contributed by atoms with Crippen LogP contribution in [0.2, 0.25) is 0 Å². The number of benzene rings is 1. The van der Waals surface area contributed by atoms with Gasteiger partial charge in [0.25, 0.3) is 0 Å². The third-order valence-corrected chi connectivity index (χ3v) is 3.66. The summed E-state index contributed by atoms with van der Waals surface area (Å²) < 4.78 is 43.0. The van der Waals surface area contributed by atoms with Gasteiger partial charge in [0.15, 0.2) is 5.96 Å². The van der Waals surface area contributed by atoms with Crippen LogP contribution in [-0.4, -0.2) is 64.9 Å². The number of hydrogen-bond donors (Lipinski definition) is 2. The van der Waals surface area contributed by atoms with Gasteiger partial charge in [0.05, 0.1) is 12.1 Å². The average Bonchev–Trinajstić information content (AvgIpc) is 2.63.